The van der Waals surface area contributed by atoms with Crippen molar-refractivity contribution in [1.82, 2.24) is 20.5 Å². The summed E-state index contributed by atoms with van der Waals surface area (Å²) in [7, 11) is 0. The lowest BCUT2D eigenvalue weighted by atomic mass is 10.0. The molecule has 1 aliphatic heterocycles. The van der Waals surface area contributed by atoms with E-state index >= 15 is 0 Å². The fraction of sp³-hybridized carbons (Fsp3) is 0.286. The number of aryl methyl sites for hydroxylation is 2. The van der Waals surface area contributed by atoms with Gasteiger partial charge in [0.15, 0.2) is 5.82 Å². The second-order valence-electron chi connectivity index (χ2n) is 8.79. The van der Waals surface area contributed by atoms with Gasteiger partial charge in [-0.05, 0) is 99.4 Å². The van der Waals surface area contributed by atoms with Crippen molar-refractivity contribution < 1.29 is 0 Å². The SMILES string of the molecule is CC1=C(/C=C/c2cccc(Cl)c2)NC(=Nc2cc(C)[nH]n2)N=C(CCCCc2ccncc2)CC1. The number of nitrogens with zero attached hydrogens (tertiary/aromatic N) is 4. The molecule has 0 saturated carbocycles. The van der Waals surface area contributed by atoms with Gasteiger partial charge in [-0.15, -0.1) is 0 Å². The van der Waals surface area contributed by atoms with E-state index in [0.717, 1.165) is 66.2 Å². The lowest BCUT2D eigenvalue weighted by molar-refractivity contribution is 0.751. The number of H-pyrrole nitrogens is 1. The van der Waals surface area contributed by atoms with Crippen LogP contribution in [0.1, 0.15) is 55.8 Å². The van der Waals surface area contributed by atoms with Gasteiger partial charge in [0, 0.05) is 40.6 Å². The lowest BCUT2D eigenvalue weighted by Crippen LogP contribution is -2.24. The second-order valence-corrected chi connectivity index (χ2v) is 9.23. The Morgan fingerprint density at radius 2 is 1.83 bits per heavy atom. The predicted octanol–water partition coefficient (Wildman–Crippen LogP) is 6.98. The second kappa shape index (κ2) is 12.3. The molecule has 0 aliphatic carbocycles. The van der Waals surface area contributed by atoms with Gasteiger partial charge in [0.1, 0.15) is 0 Å². The Morgan fingerprint density at radius 3 is 2.60 bits per heavy atom. The summed E-state index contributed by atoms with van der Waals surface area (Å²) in [5, 5.41) is 11.4. The number of benzene rings is 1. The number of hydrogen-bond acceptors (Lipinski definition) is 3. The number of aliphatic imine (C=N–C) groups is 2. The average molecular weight is 487 g/mol. The van der Waals surface area contributed by atoms with Crippen molar-refractivity contribution >= 4 is 35.2 Å². The summed E-state index contributed by atoms with van der Waals surface area (Å²) in [5.74, 6) is 1.17. The first-order chi connectivity index (χ1) is 17.0. The summed E-state index contributed by atoms with van der Waals surface area (Å²) in [5.41, 5.74) is 6.75. The molecule has 2 aromatic heterocycles. The molecule has 0 atom stereocenters. The molecule has 0 bridgehead atoms. The Hall–Kier alpha value is -3.51. The van der Waals surface area contributed by atoms with Gasteiger partial charge in [0.25, 0.3) is 0 Å². The molecule has 180 valence electrons. The van der Waals surface area contributed by atoms with Crippen molar-refractivity contribution in [3.8, 4) is 0 Å². The number of guanidine groups is 1. The zero-order valence-corrected chi connectivity index (χ0v) is 21.0. The molecular weight excluding hydrogens is 456 g/mol. The molecule has 1 aliphatic rings. The van der Waals surface area contributed by atoms with E-state index in [0.29, 0.717) is 11.8 Å². The van der Waals surface area contributed by atoms with E-state index in [-0.39, 0.29) is 0 Å². The maximum absolute atomic E-state index is 6.15. The van der Waals surface area contributed by atoms with E-state index in [1.54, 1.807) is 0 Å². The quantitative estimate of drug-likeness (QED) is 0.337. The van der Waals surface area contributed by atoms with Gasteiger partial charge in [0.2, 0.25) is 5.96 Å². The third-order valence-electron chi connectivity index (χ3n) is 5.89. The Balaban J connectivity index is 1.50. The van der Waals surface area contributed by atoms with Gasteiger partial charge in [-0.2, -0.15) is 10.1 Å². The van der Waals surface area contributed by atoms with Crippen LogP contribution in [0.25, 0.3) is 6.08 Å². The monoisotopic (exact) mass is 486 g/mol. The molecule has 2 N–H and O–H groups in total. The molecular formula is C28H31ClN6. The number of aromatic amines is 1. The van der Waals surface area contributed by atoms with Gasteiger partial charge < -0.3 is 5.32 Å². The summed E-state index contributed by atoms with van der Waals surface area (Å²) in [6.07, 6.45) is 13.9. The van der Waals surface area contributed by atoms with Crippen LogP contribution in [0, 0.1) is 6.92 Å². The molecule has 35 heavy (non-hydrogen) atoms. The Morgan fingerprint density at radius 1 is 1.00 bits per heavy atom. The van der Waals surface area contributed by atoms with E-state index < -0.39 is 0 Å². The van der Waals surface area contributed by atoms with Crippen molar-refractivity contribution in [2.45, 2.75) is 52.4 Å². The molecule has 3 aromatic rings. The average Bonchev–Trinajstić information content (AvgIpc) is 3.26. The highest BCUT2D eigenvalue weighted by Gasteiger charge is 2.12. The highest BCUT2D eigenvalue weighted by molar-refractivity contribution is 6.30. The molecule has 1 aromatic carbocycles. The fourth-order valence-corrected chi connectivity index (χ4v) is 4.11. The lowest BCUT2D eigenvalue weighted by Gasteiger charge is -2.17. The number of hydrogen-bond donors (Lipinski definition) is 2. The third-order valence-corrected chi connectivity index (χ3v) is 6.13. The first-order valence-electron chi connectivity index (χ1n) is 12.0. The summed E-state index contributed by atoms with van der Waals surface area (Å²) in [6.45, 7) is 4.12. The minimum Gasteiger partial charge on any atom is -0.324 e. The normalized spacial score (nSPS) is 15.7. The summed E-state index contributed by atoms with van der Waals surface area (Å²) < 4.78 is 0. The standard InChI is InChI=1S/C28H31ClN6/c1-20-10-12-25(9-4-3-6-22-14-16-30-17-15-22)31-28(33-27-18-21(2)34-35-27)32-26(20)13-11-23-7-5-8-24(29)19-23/h5,7-8,11,13-19H,3-4,6,9-10,12H2,1-2H3,(H2,32,33,34,35)/b13-11+,26-20?,31-25?. The van der Waals surface area contributed by atoms with Crippen molar-refractivity contribution in [3.63, 3.8) is 0 Å². The largest absolute Gasteiger partial charge is 0.324 e. The van der Waals surface area contributed by atoms with Gasteiger partial charge >= 0.3 is 0 Å². The van der Waals surface area contributed by atoms with E-state index in [4.69, 9.17) is 21.6 Å². The predicted molar refractivity (Wildman–Crippen MR) is 145 cm³/mol. The van der Waals surface area contributed by atoms with Crippen LogP contribution < -0.4 is 5.32 Å². The minimum atomic E-state index is 0.561. The number of aromatic nitrogens is 3. The van der Waals surface area contributed by atoms with E-state index in [2.05, 4.69) is 51.7 Å². The Labute approximate surface area is 212 Å². The third kappa shape index (κ3) is 7.76. The fourth-order valence-electron chi connectivity index (χ4n) is 3.91. The minimum absolute atomic E-state index is 0.561. The first kappa shape index (κ1) is 24.6. The number of allylic oxidation sites excluding steroid dienone is 2. The molecule has 0 spiro atoms. The topological polar surface area (TPSA) is 78.3 Å². The molecule has 0 radical (unpaired) electrons. The number of pyridine rings is 1. The zero-order valence-electron chi connectivity index (χ0n) is 20.3. The first-order valence-corrected chi connectivity index (χ1v) is 12.4. The summed E-state index contributed by atoms with van der Waals surface area (Å²) in [4.78, 5) is 13.7. The van der Waals surface area contributed by atoms with E-state index in [1.165, 1.54) is 11.1 Å². The van der Waals surface area contributed by atoms with Crippen LogP contribution in [0.15, 0.2) is 82.2 Å². The smallest absolute Gasteiger partial charge is 0.229 e. The van der Waals surface area contributed by atoms with E-state index in [9.17, 15) is 0 Å². The molecule has 7 heteroatoms. The van der Waals surface area contributed by atoms with Crippen molar-refractivity contribution in [1.29, 1.82) is 0 Å². The van der Waals surface area contributed by atoms with Crippen LogP contribution in [0.3, 0.4) is 0 Å². The van der Waals surface area contributed by atoms with Gasteiger partial charge in [0.05, 0.1) is 0 Å². The molecule has 0 unspecified atom stereocenters. The van der Waals surface area contributed by atoms with Gasteiger partial charge in [-0.25, -0.2) is 4.99 Å². The maximum Gasteiger partial charge on any atom is 0.229 e. The number of rotatable bonds is 8. The van der Waals surface area contributed by atoms with Gasteiger partial charge in [-0.3, -0.25) is 10.1 Å². The van der Waals surface area contributed by atoms with Crippen LogP contribution in [0.5, 0.6) is 0 Å². The van der Waals surface area contributed by atoms with E-state index in [1.807, 2.05) is 49.6 Å². The molecule has 3 heterocycles. The maximum atomic E-state index is 6.15. The van der Waals surface area contributed by atoms with Crippen molar-refractivity contribution in [3.05, 3.63) is 94.0 Å². The van der Waals surface area contributed by atoms with Crippen LogP contribution in [-0.4, -0.2) is 26.9 Å². The van der Waals surface area contributed by atoms with Crippen LogP contribution in [0.4, 0.5) is 5.82 Å². The van der Waals surface area contributed by atoms with Crippen molar-refractivity contribution in [2.75, 3.05) is 0 Å². The highest BCUT2D eigenvalue weighted by Crippen LogP contribution is 2.20. The Kier molecular flexibility index (Phi) is 8.63. The summed E-state index contributed by atoms with van der Waals surface area (Å²) >= 11 is 6.15. The van der Waals surface area contributed by atoms with Crippen molar-refractivity contribution in [2.24, 2.45) is 9.98 Å². The van der Waals surface area contributed by atoms with Crippen LogP contribution in [0.2, 0.25) is 5.02 Å². The van der Waals surface area contributed by atoms with Gasteiger partial charge in [-0.1, -0.05) is 29.8 Å². The molecule has 0 saturated heterocycles. The number of nitrogens with one attached hydrogen (secondary N) is 2. The number of unbranched alkanes of at least 4 members (excludes halogenated alkanes) is 1. The molecule has 6 nitrogen and oxygen atoms in total. The zero-order chi connectivity index (χ0) is 24.5. The molecule has 0 fully saturated rings. The summed E-state index contributed by atoms with van der Waals surface area (Å²) in [6, 6.07) is 13.9. The molecule has 0 amide bonds. The van der Waals surface area contributed by atoms with Crippen LogP contribution >= 0.6 is 11.6 Å². The highest BCUT2D eigenvalue weighted by atomic mass is 35.5. The number of halogens is 1. The molecule has 4 rings (SSSR count). The Bertz CT molecular complexity index is 1250. The van der Waals surface area contributed by atoms with Crippen LogP contribution in [-0.2, 0) is 6.42 Å².